The summed E-state index contributed by atoms with van der Waals surface area (Å²) >= 11 is 0. The van der Waals surface area contributed by atoms with Gasteiger partial charge in [0.2, 0.25) is 0 Å². The van der Waals surface area contributed by atoms with E-state index in [1.54, 1.807) is 6.07 Å². The molecule has 5 heteroatoms. The molecule has 1 aromatic heterocycles. The maximum atomic E-state index is 11.6. The third kappa shape index (κ3) is 8.30. The largest absolute Gasteiger partial charge is 0.507 e. The monoisotopic (exact) mass is 837 g/mol. The number of hydrazone groups is 1. The molecule has 310 valence electrons. The van der Waals surface area contributed by atoms with Gasteiger partial charge in [-0.15, -0.1) is 0 Å². The molecule has 0 saturated heterocycles. The van der Waals surface area contributed by atoms with Crippen molar-refractivity contribution in [3.8, 4) is 39.1 Å². The molecule has 1 heterocycles. The Hall–Kier alpha value is -8.80. The van der Waals surface area contributed by atoms with Gasteiger partial charge in [0, 0.05) is 33.5 Å². The summed E-state index contributed by atoms with van der Waals surface area (Å²) in [5.41, 5.74) is 15.8. The number of phenolic OH excluding ortho intramolecular Hbond substituents is 1. The minimum absolute atomic E-state index is 0.133. The quantitative estimate of drug-likeness (QED) is 0.0688. The van der Waals surface area contributed by atoms with Crippen LogP contribution in [0.5, 0.6) is 5.75 Å². The van der Waals surface area contributed by atoms with Gasteiger partial charge in [0.15, 0.2) is 0 Å². The van der Waals surface area contributed by atoms with Crippen molar-refractivity contribution < 1.29 is 9.52 Å². The Balaban J connectivity index is 1.01. The summed E-state index contributed by atoms with van der Waals surface area (Å²) in [6.07, 6.45) is 3.99. The van der Waals surface area contributed by atoms with Crippen molar-refractivity contribution in [2.75, 3.05) is 0 Å². The van der Waals surface area contributed by atoms with Crippen LogP contribution in [0.3, 0.4) is 0 Å². The second-order valence-corrected chi connectivity index (χ2v) is 15.9. The van der Waals surface area contributed by atoms with Crippen LogP contribution in [0.2, 0.25) is 0 Å². The molecule has 0 aliphatic carbocycles. The summed E-state index contributed by atoms with van der Waals surface area (Å²) < 4.78 is 6.62. The van der Waals surface area contributed by atoms with E-state index < -0.39 is 0 Å². The van der Waals surface area contributed by atoms with Gasteiger partial charge in [0.25, 0.3) is 0 Å². The van der Waals surface area contributed by atoms with Gasteiger partial charge in [0.05, 0.1) is 11.4 Å². The van der Waals surface area contributed by atoms with Crippen LogP contribution >= 0.6 is 0 Å². The molecule has 0 saturated carbocycles. The molecule has 10 rings (SSSR count). The van der Waals surface area contributed by atoms with E-state index >= 15 is 0 Å². The minimum atomic E-state index is 0.133. The molecule has 10 aromatic rings. The Morgan fingerprint density at radius 2 is 0.908 bits per heavy atom. The molecule has 0 spiro atoms. The van der Waals surface area contributed by atoms with Gasteiger partial charge in [-0.1, -0.05) is 194 Å². The maximum absolute atomic E-state index is 11.6. The van der Waals surface area contributed by atoms with Crippen LogP contribution in [-0.2, 0) is 0 Å². The van der Waals surface area contributed by atoms with E-state index in [4.69, 9.17) is 15.7 Å². The number of allylic oxidation sites excluding steroid dienone is 2. The predicted molar refractivity (Wildman–Crippen MR) is 269 cm³/mol. The van der Waals surface area contributed by atoms with Crippen LogP contribution in [0.15, 0.2) is 246 Å². The second kappa shape index (κ2) is 17.9. The lowest BCUT2D eigenvalue weighted by Crippen LogP contribution is -2.03. The molecule has 0 aliphatic rings. The zero-order chi connectivity index (χ0) is 44.1. The van der Waals surface area contributed by atoms with E-state index in [9.17, 15) is 5.11 Å². The number of nitrogens with zero attached hydrogens (tertiary/aromatic N) is 1. The van der Waals surface area contributed by atoms with Crippen molar-refractivity contribution in [3.05, 3.63) is 270 Å². The van der Waals surface area contributed by atoms with Gasteiger partial charge in [-0.3, -0.25) is 0 Å². The first-order valence-electron chi connectivity index (χ1n) is 21.5. The summed E-state index contributed by atoms with van der Waals surface area (Å²) in [7, 11) is 0. The number of hydrogen-bond donors (Lipinski definition) is 3. The molecule has 0 amide bonds. The first kappa shape index (κ1) is 40.3. The summed E-state index contributed by atoms with van der Waals surface area (Å²) in [5.74, 6) is 6.11. The van der Waals surface area contributed by atoms with Gasteiger partial charge in [0.1, 0.15) is 16.9 Å². The Kier molecular flexibility index (Phi) is 11.1. The highest BCUT2D eigenvalue weighted by atomic mass is 16.3. The third-order valence-electron chi connectivity index (χ3n) is 11.8. The Morgan fingerprint density at radius 1 is 0.431 bits per heavy atom. The molecular weight excluding hydrogens is 795 g/mol. The minimum Gasteiger partial charge on any atom is -0.507 e. The van der Waals surface area contributed by atoms with Crippen LogP contribution in [0.1, 0.15) is 33.4 Å². The number of nitrogens with one attached hydrogen (secondary N) is 1. The normalized spacial score (nSPS) is 12.2. The van der Waals surface area contributed by atoms with E-state index in [-0.39, 0.29) is 5.75 Å². The molecule has 0 unspecified atom stereocenters. The molecule has 0 radical (unpaired) electrons. The van der Waals surface area contributed by atoms with Crippen LogP contribution in [0, 0.1) is 5.41 Å². The fourth-order valence-corrected chi connectivity index (χ4v) is 8.57. The number of rotatable bonds is 11. The van der Waals surface area contributed by atoms with E-state index in [0.29, 0.717) is 22.6 Å². The van der Waals surface area contributed by atoms with E-state index in [2.05, 4.69) is 108 Å². The maximum Gasteiger partial charge on any atom is 0.143 e. The zero-order valence-corrected chi connectivity index (χ0v) is 35.4. The lowest BCUT2D eigenvalue weighted by atomic mass is 9.91. The third-order valence-corrected chi connectivity index (χ3v) is 11.8. The summed E-state index contributed by atoms with van der Waals surface area (Å²) in [5, 5.41) is 26.7. The molecule has 5 nitrogen and oxygen atoms in total. The van der Waals surface area contributed by atoms with Gasteiger partial charge in [-0.2, -0.15) is 5.10 Å². The van der Waals surface area contributed by atoms with Crippen molar-refractivity contribution in [3.63, 3.8) is 0 Å². The fourth-order valence-electron chi connectivity index (χ4n) is 8.57. The van der Waals surface area contributed by atoms with Gasteiger partial charge >= 0.3 is 0 Å². The standard InChI is InChI=1S/C60H43N3O2/c61-56(42-21-9-3-10-22-42)37-52(40-17-5-1-6-18-40)48-29-15-27-46(35-48)50-31-16-32-51-55-36-54(58(64)39-59(55)65-60(50)51)49-30-14-26-45(34-49)44-25-13-28-47(33-44)53(41-19-7-2-8-20-41)38-57(63-62)43-23-11-4-12-24-43/h1-39,61,64H,62H2/b52-37-,53-38-,61-56?,63-57+. The van der Waals surface area contributed by atoms with Crippen molar-refractivity contribution in [1.82, 2.24) is 0 Å². The molecule has 0 atom stereocenters. The van der Waals surface area contributed by atoms with E-state index in [0.717, 1.165) is 88.7 Å². The lowest BCUT2D eigenvalue weighted by molar-refractivity contribution is 0.477. The van der Waals surface area contributed by atoms with Gasteiger partial charge in [-0.25, -0.2) is 0 Å². The van der Waals surface area contributed by atoms with Crippen LogP contribution < -0.4 is 5.84 Å². The van der Waals surface area contributed by atoms with E-state index in [1.807, 2.05) is 127 Å². The first-order valence-corrected chi connectivity index (χ1v) is 21.5. The molecular formula is C60H43N3O2. The topological polar surface area (TPSA) is 95.6 Å². The van der Waals surface area contributed by atoms with Crippen LogP contribution in [0.4, 0.5) is 0 Å². The molecule has 9 aromatic carbocycles. The number of para-hydroxylation sites is 1. The fraction of sp³-hybridized carbons (Fsp3) is 0. The number of hydrogen-bond acceptors (Lipinski definition) is 5. The number of fused-ring (bicyclic) bond motifs is 3. The Labute approximate surface area is 377 Å². The number of nitrogens with two attached hydrogens (primary N) is 1. The Bertz CT molecular complexity index is 3440. The molecule has 4 N–H and O–H groups in total. The smallest absolute Gasteiger partial charge is 0.143 e. The molecule has 65 heavy (non-hydrogen) atoms. The first-order chi connectivity index (χ1) is 32.0. The summed E-state index contributed by atoms with van der Waals surface area (Å²) in [4.78, 5) is 0. The molecule has 0 bridgehead atoms. The molecule has 0 aliphatic heterocycles. The highest BCUT2D eigenvalue weighted by Gasteiger charge is 2.18. The SMILES string of the molecule is N=C(/C=C(/c1ccccc1)c1cccc(-c2cccc3c2oc2cc(O)c(-c4cccc(-c5cccc(/C(=C\C(=N/N)c6ccccc6)c6ccccc6)c5)c4)cc23)c1)c1ccccc1. The molecule has 0 fully saturated rings. The van der Waals surface area contributed by atoms with Gasteiger partial charge in [-0.05, 0) is 97.6 Å². The van der Waals surface area contributed by atoms with Crippen molar-refractivity contribution in [2.45, 2.75) is 0 Å². The van der Waals surface area contributed by atoms with Crippen molar-refractivity contribution >= 4 is 44.5 Å². The average Bonchev–Trinajstić information content (AvgIpc) is 3.74. The van der Waals surface area contributed by atoms with Gasteiger partial charge < -0.3 is 20.8 Å². The zero-order valence-electron chi connectivity index (χ0n) is 35.4. The second-order valence-electron chi connectivity index (χ2n) is 15.9. The predicted octanol–water partition coefficient (Wildman–Crippen LogP) is 14.6. The van der Waals surface area contributed by atoms with E-state index in [1.165, 1.54) is 0 Å². The Morgan fingerprint density at radius 3 is 1.52 bits per heavy atom. The van der Waals surface area contributed by atoms with Crippen molar-refractivity contribution in [1.29, 1.82) is 5.41 Å². The highest BCUT2D eigenvalue weighted by Crippen LogP contribution is 2.42. The highest BCUT2D eigenvalue weighted by molar-refractivity contribution is 6.14. The number of furan rings is 1. The van der Waals surface area contributed by atoms with Crippen LogP contribution in [0.25, 0.3) is 66.5 Å². The summed E-state index contributed by atoms with van der Waals surface area (Å²) in [6, 6.07) is 75.3. The number of phenols is 1. The van der Waals surface area contributed by atoms with Crippen LogP contribution in [-0.4, -0.2) is 16.5 Å². The summed E-state index contributed by atoms with van der Waals surface area (Å²) in [6.45, 7) is 0. The number of aromatic hydroxyl groups is 1. The number of benzene rings is 9. The van der Waals surface area contributed by atoms with Crippen molar-refractivity contribution in [2.24, 2.45) is 10.9 Å². The average molecular weight is 838 g/mol. The lowest BCUT2D eigenvalue weighted by Gasteiger charge is -2.13.